The highest BCUT2D eigenvalue weighted by atomic mass is 32.1. The van der Waals surface area contributed by atoms with Gasteiger partial charge in [0.05, 0.1) is 17.6 Å². The molecular weight excluding hydrogens is 260 g/mol. The van der Waals surface area contributed by atoms with Crippen molar-refractivity contribution in [2.75, 3.05) is 5.32 Å². The number of rotatable bonds is 4. The second-order valence-electron chi connectivity index (χ2n) is 4.24. The van der Waals surface area contributed by atoms with Crippen molar-refractivity contribution in [3.8, 4) is 0 Å². The van der Waals surface area contributed by atoms with Gasteiger partial charge >= 0.3 is 0 Å². The van der Waals surface area contributed by atoms with Crippen LogP contribution in [0.5, 0.6) is 0 Å². The molecule has 0 radical (unpaired) electrons. The highest BCUT2D eigenvalue weighted by Gasteiger charge is 2.13. The Kier molecular flexibility index (Phi) is 3.12. The number of aryl methyl sites for hydroxylation is 1. The van der Waals surface area contributed by atoms with Crippen molar-refractivity contribution in [2.24, 2.45) is 0 Å². The summed E-state index contributed by atoms with van der Waals surface area (Å²) in [6.07, 6.45) is 6.20. The minimum atomic E-state index is 0.110. The first kappa shape index (κ1) is 12.0. The maximum absolute atomic E-state index is 4.44. The third kappa shape index (κ3) is 2.28. The summed E-state index contributed by atoms with van der Waals surface area (Å²) in [6, 6.07) is 0.110. The van der Waals surface area contributed by atoms with Gasteiger partial charge in [0.25, 0.3) is 0 Å². The monoisotopic (exact) mass is 274 g/mol. The lowest BCUT2D eigenvalue weighted by molar-refractivity contribution is 0.861. The molecule has 3 aromatic rings. The number of nitrogens with zero attached hydrogens (tertiary/aromatic N) is 4. The smallest absolute Gasteiger partial charge is 0.160 e. The number of thiazole rings is 1. The van der Waals surface area contributed by atoms with E-state index in [0.717, 1.165) is 28.3 Å². The van der Waals surface area contributed by atoms with E-state index in [1.165, 1.54) is 11.2 Å². The van der Waals surface area contributed by atoms with Crippen LogP contribution in [0.3, 0.4) is 0 Å². The molecule has 3 heterocycles. The lowest BCUT2D eigenvalue weighted by Crippen LogP contribution is -2.07. The Morgan fingerprint density at radius 1 is 1.32 bits per heavy atom. The molecule has 0 aliphatic heterocycles. The van der Waals surface area contributed by atoms with Gasteiger partial charge in [0.15, 0.2) is 5.65 Å². The summed E-state index contributed by atoms with van der Waals surface area (Å²) in [6.45, 7) is 4.21. The molecule has 98 valence electrons. The van der Waals surface area contributed by atoms with E-state index < -0.39 is 0 Å². The molecule has 3 aromatic heterocycles. The fraction of sp³-hybridized carbons (Fsp3) is 0.333. The fourth-order valence-electron chi connectivity index (χ4n) is 1.83. The number of nitrogens with one attached hydrogen (secondary N) is 2. The Morgan fingerprint density at radius 3 is 3.00 bits per heavy atom. The molecule has 7 heteroatoms. The summed E-state index contributed by atoms with van der Waals surface area (Å²) >= 11 is 1.73. The van der Waals surface area contributed by atoms with Crippen LogP contribution in [-0.4, -0.2) is 25.1 Å². The van der Waals surface area contributed by atoms with Gasteiger partial charge in [-0.15, -0.1) is 11.3 Å². The minimum Gasteiger partial charge on any atom is -0.360 e. The first-order valence-corrected chi connectivity index (χ1v) is 6.94. The fourth-order valence-corrected chi connectivity index (χ4v) is 2.69. The van der Waals surface area contributed by atoms with Crippen LogP contribution in [0, 0.1) is 0 Å². The van der Waals surface area contributed by atoms with Crippen LogP contribution in [0.4, 0.5) is 5.82 Å². The molecule has 0 saturated carbocycles. The van der Waals surface area contributed by atoms with Crippen LogP contribution in [0.25, 0.3) is 11.0 Å². The molecule has 0 bridgehead atoms. The largest absolute Gasteiger partial charge is 0.360 e. The summed E-state index contributed by atoms with van der Waals surface area (Å²) < 4.78 is 0. The number of hydrogen-bond acceptors (Lipinski definition) is 6. The quantitative estimate of drug-likeness (QED) is 0.764. The van der Waals surface area contributed by atoms with Gasteiger partial charge in [0.1, 0.15) is 17.2 Å². The number of aromatic amines is 1. The van der Waals surface area contributed by atoms with Gasteiger partial charge in [-0.2, -0.15) is 5.10 Å². The summed E-state index contributed by atoms with van der Waals surface area (Å²) in [5.74, 6) is 0.777. The molecule has 0 amide bonds. The van der Waals surface area contributed by atoms with E-state index in [1.54, 1.807) is 17.5 Å². The summed E-state index contributed by atoms with van der Waals surface area (Å²) in [5.41, 5.74) is 0.734. The van der Waals surface area contributed by atoms with E-state index in [9.17, 15) is 0 Å². The van der Waals surface area contributed by atoms with Crippen molar-refractivity contribution in [3.05, 3.63) is 28.6 Å². The van der Waals surface area contributed by atoms with E-state index in [2.05, 4.69) is 44.3 Å². The molecule has 19 heavy (non-hydrogen) atoms. The molecule has 3 rings (SSSR count). The Labute approximate surface area is 114 Å². The van der Waals surface area contributed by atoms with E-state index in [-0.39, 0.29) is 6.04 Å². The van der Waals surface area contributed by atoms with Crippen LogP contribution in [0.2, 0.25) is 0 Å². The zero-order chi connectivity index (χ0) is 13.2. The molecule has 0 aliphatic carbocycles. The first-order chi connectivity index (χ1) is 9.28. The predicted molar refractivity (Wildman–Crippen MR) is 75.2 cm³/mol. The Hall–Kier alpha value is -2.02. The van der Waals surface area contributed by atoms with Gasteiger partial charge in [-0.25, -0.2) is 15.0 Å². The molecule has 1 atom stereocenters. The van der Waals surface area contributed by atoms with Crippen LogP contribution >= 0.6 is 11.3 Å². The van der Waals surface area contributed by atoms with Crippen LogP contribution < -0.4 is 5.32 Å². The van der Waals surface area contributed by atoms with Crippen LogP contribution in [0.15, 0.2) is 18.7 Å². The summed E-state index contributed by atoms with van der Waals surface area (Å²) in [5, 5.41) is 12.1. The van der Waals surface area contributed by atoms with Crippen LogP contribution in [-0.2, 0) is 6.42 Å². The van der Waals surface area contributed by atoms with Gasteiger partial charge in [-0.3, -0.25) is 5.10 Å². The highest BCUT2D eigenvalue weighted by molar-refractivity contribution is 7.11. The number of anilines is 1. The molecule has 1 unspecified atom stereocenters. The van der Waals surface area contributed by atoms with Crippen molar-refractivity contribution in [1.82, 2.24) is 25.1 Å². The molecule has 0 fully saturated rings. The van der Waals surface area contributed by atoms with E-state index in [0.29, 0.717) is 0 Å². The lowest BCUT2D eigenvalue weighted by Gasteiger charge is -2.11. The van der Waals surface area contributed by atoms with Crippen molar-refractivity contribution in [3.63, 3.8) is 0 Å². The maximum atomic E-state index is 4.44. The van der Waals surface area contributed by atoms with E-state index >= 15 is 0 Å². The van der Waals surface area contributed by atoms with E-state index in [1.807, 2.05) is 6.20 Å². The number of hydrogen-bond donors (Lipinski definition) is 2. The average Bonchev–Trinajstić information content (AvgIpc) is 3.08. The van der Waals surface area contributed by atoms with Gasteiger partial charge in [-0.1, -0.05) is 6.92 Å². The molecule has 0 saturated heterocycles. The maximum Gasteiger partial charge on any atom is 0.160 e. The second-order valence-corrected chi connectivity index (χ2v) is 5.39. The molecular formula is C12H14N6S. The molecule has 2 N–H and O–H groups in total. The van der Waals surface area contributed by atoms with Crippen molar-refractivity contribution < 1.29 is 0 Å². The third-order valence-corrected chi connectivity index (χ3v) is 4.22. The Balaban J connectivity index is 1.86. The molecule has 0 spiro atoms. The lowest BCUT2D eigenvalue weighted by atomic mass is 10.3. The number of H-pyrrole nitrogens is 1. The summed E-state index contributed by atoms with van der Waals surface area (Å²) in [4.78, 5) is 14.1. The van der Waals surface area contributed by atoms with Gasteiger partial charge in [0, 0.05) is 11.1 Å². The summed E-state index contributed by atoms with van der Waals surface area (Å²) in [7, 11) is 0. The minimum absolute atomic E-state index is 0.110. The Bertz CT molecular complexity index is 688. The SMILES string of the molecule is CCc1cnc(C(C)Nc2ncnc3[nH]ncc23)s1. The average molecular weight is 274 g/mol. The van der Waals surface area contributed by atoms with Crippen molar-refractivity contribution in [2.45, 2.75) is 26.3 Å². The standard InChI is InChI=1S/C12H14N6S/c1-3-8-4-13-12(19-8)7(2)17-10-9-5-16-18-11(9)15-6-14-10/h4-7H,3H2,1-2H3,(H2,14,15,16,17,18). The van der Waals surface area contributed by atoms with Crippen molar-refractivity contribution >= 4 is 28.2 Å². The second kappa shape index (κ2) is 4.93. The van der Waals surface area contributed by atoms with Crippen LogP contribution in [0.1, 0.15) is 29.8 Å². The highest BCUT2D eigenvalue weighted by Crippen LogP contribution is 2.25. The van der Waals surface area contributed by atoms with Crippen molar-refractivity contribution in [1.29, 1.82) is 0 Å². The topological polar surface area (TPSA) is 79.4 Å². The van der Waals surface area contributed by atoms with Gasteiger partial charge in [-0.05, 0) is 13.3 Å². The zero-order valence-electron chi connectivity index (χ0n) is 10.7. The van der Waals surface area contributed by atoms with Gasteiger partial charge in [0.2, 0.25) is 0 Å². The number of fused-ring (bicyclic) bond motifs is 1. The van der Waals surface area contributed by atoms with E-state index in [4.69, 9.17) is 0 Å². The molecule has 0 aliphatic rings. The molecule has 6 nitrogen and oxygen atoms in total. The predicted octanol–water partition coefficient (Wildman–Crippen LogP) is 2.54. The Morgan fingerprint density at radius 2 is 2.21 bits per heavy atom. The normalized spacial score (nSPS) is 12.7. The molecule has 0 aromatic carbocycles. The number of aromatic nitrogens is 5. The first-order valence-electron chi connectivity index (χ1n) is 6.13. The third-order valence-electron chi connectivity index (χ3n) is 2.89. The van der Waals surface area contributed by atoms with Gasteiger partial charge < -0.3 is 5.32 Å². The zero-order valence-corrected chi connectivity index (χ0v) is 11.5.